The lowest BCUT2D eigenvalue weighted by molar-refractivity contribution is -0.462. The number of benzene rings is 1. The van der Waals surface area contributed by atoms with Gasteiger partial charge in [0.1, 0.15) is 0 Å². The minimum absolute atomic E-state index is 0.343. The van der Waals surface area contributed by atoms with Gasteiger partial charge in [-0.3, -0.25) is 0 Å². The second-order valence-corrected chi connectivity index (χ2v) is 7.74. The Morgan fingerprint density at radius 2 is 0.914 bits per heavy atom. The molecule has 0 saturated carbocycles. The van der Waals surface area contributed by atoms with Crippen LogP contribution in [-0.2, 0) is 0 Å². The molecular formula is C16H8BrF17O. The molecule has 1 N–H and O–H groups in total. The lowest BCUT2D eigenvalue weighted by Crippen LogP contribution is -2.74. The fraction of sp³-hybridized carbons (Fsp3) is 0.625. The monoisotopic (exact) mass is 618 g/mol. The molecule has 1 nitrogen and oxygen atoms in total. The van der Waals surface area contributed by atoms with Crippen LogP contribution in [0.4, 0.5) is 74.6 Å². The Kier molecular flexibility index (Phi) is 7.91. The van der Waals surface area contributed by atoms with Crippen LogP contribution in [0.15, 0.2) is 28.7 Å². The van der Waals surface area contributed by atoms with Gasteiger partial charge in [0, 0.05) is 10.9 Å². The van der Waals surface area contributed by atoms with Crippen molar-refractivity contribution in [2.24, 2.45) is 0 Å². The zero-order valence-electron chi connectivity index (χ0n) is 15.8. The Balaban J connectivity index is 3.56. The third-order valence-corrected chi connectivity index (χ3v) is 5.22. The highest BCUT2D eigenvalue weighted by atomic mass is 79.9. The van der Waals surface area contributed by atoms with Crippen LogP contribution in [0.5, 0.6) is 0 Å². The zero-order chi connectivity index (χ0) is 28.3. The normalized spacial score (nSPS) is 16.4. The van der Waals surface area contributed by atoms with Crippen molar-refractivity contribution in [3.05, 3.63) is 34.3 Å². The summed E-state index contributed by atoms with van der Waals surface area (Å²) < 4.78 is 224. The van der Waals surface area contributed by atoms with Gasteiger partial charge >= 0.3 is 47.6 Å². The number of alkyl halides is 17. The fourth-order valence-electron chi connectivity index (χ4n) is 2.42. The molecule has 1 rings (SSSR count). The van der Waals surface area contributed by atoms with Crippen molar-refractivity contribution in [3.8, 4) is 0 Å². The molecule has 19 heteroatoms. The number of rotatable bonds is 9. The van der Waals surface area contributed by atoms with E-state index < -0.39 is 65.7 Å². The number of halogens is 18. The Morgan fingerprint density at radius 3 is 1.29 bits per heavy atom. The summed E-state index contributed by atoms with van der Waals surface area (Å²) in [5.41, 5.74) is -0.764. The number of hydrogen-bond donors (Lipinski definition) is 1. The first-order valence-electron chi connectivity index (χ1n) is 8.29. The van der Waals surface area contributed by atoms with Gasteiger partial charge < -0.3 is 5.11 Å². The summed E-state index contributed by atoms with van der Waals surface area (Å²) in [6.45, 7) is 0. The van der Waals surface area contributed by atoms with Gasteiger partial charge in [0.2, 0.25) is 0 Å². The first-order chi connectivity index (χ1) is 15.1. The number of hydrogen-bond acceptors (Lipinski definition) is 1. The van der Waals surface area contributed by atoms with Gasteiger partial charge in [0.05, 0.1) is 6.10 Å². The van der Waals surface area contributed by atoms with Gasteiger partial charge in [-0.15, -0.1) is 0 Å². The smallest absolute Gasteiger partial charge is 0.388 e. The van der Waals surface area contributed by atoms with Crippen molar-refractivity contribution >= 4 is 15.9 Å². The largest absolute Gasteiger partial charge is 0.460 e. The average Bonchev–Trinajstić information content (AvgIpc) is 2.65. The molecule has 35 heavy (non-hydrogen) atoms. The van der Waals surface area contributed by atoms with Crippen molar-refractivity contribution in [1.82, 2.24) is 0 Å². The molecule has 0 aliphatic heterocycles. The van der Waals surface area contributed by atoms with Gasteiger partial charge in [0.15, 0.2) is 0 Å². The summed E-state index contributed by atoms with van der Waals surface area (Å²) in [4.78, 5) is 0. The van der Waals surface area contributed by atoms with Crippen molar-refractivity contribution in [1.29, 1.82) is 0 Å². The molecule has 0 fully saturated rings. The van der Waals surface area contributed by atoms with Crippen LogP contribution in [0.3, 0.4) is 0 Å². The van der Waals surface area contributed by atoms with Crippen LogP contribution in [0.1, 0.15) is 18.1 Å². The van der Waals surface area contributed by atoms with Crippen molar-refractivity contribution < 1.29 is 79.7 Å². The molecule has 0 aromatic heterocycles. The molecule has 0 amide bonds. The SMILES string of the molecule is OC(CC(F)(F)C(F)(F)C(F)(F)C(F)(F)C(F)(F)C(F)(F)C(F)(F)C(F)(F)F)c1ccccc1Br. The molecule has 1 unspecified atom stereocenters. The van der Waals surface area contributed by atoms with Gasteiger partial charge in [-0.25, -0.2) is 0 Å². The van der Waals surface area contributed by atoms with E-state index in [1.807, 2.05) is 0 Å². The highest BCUT2D eigenvalue weighted by molar-refractivity contribution is 9.10. The quantitative estimate of drug-likeness (QED) is 0.279. The highest BCUT2D eigenvalue weighted by Crippen LogP contribution is 2.64. The van der Waals surface area contributed by atoms with Gasteiger partial charge in [-0.1, -0.05) is 34.1 Å². The van der Waals surface area contributed by atoms with E-state index in [0.29, 0.717) is 6.07 Å². The molecule has 0 spiro atoms. The molecule has 0 aliphatic carbocycles. The zero-order valence-corrected chi connectivity index (χ0v) is 17.4. The minimum Gasteiger partial charge on any atom is -0.388 e. The standard InChI is InChI=1S/C16H8BrF17O/c17-7-4-2-1-3-6(7)8(35)5-9(18,19)10(20,21)11(22,23)12(24,25)13(26,27)14(28,29)15(30,31)16(32,33)34/h1-4,8,35H,5H2. The Labute approximate surface area is 191 Å². The summed E-state index contributed by atoms with van der Waals surface area (Å²) in [5.74, 6) is -56.9. The van der Waals surface area contributed by atoms with Crippen LogP contribution in [0.2, 0.25) is 0 Å². The van der Waals surface area contributed by atoms with Gasteiger partial charge in [-0.2, -0.15) is 74.6 Å². The number of aliphatic hydroxyl groups excluding tert-OH is 1. The van der Waals surface area contributed by atoms with Gasteiger partial charge in [-0.05, 0) is 11.6 Å². The maximum Gasteiger partial charge on any atom is 0.460 e. The molecule has 0 aliphatic rings. The molecule has 1 atom stereocenters. The first-order valence-corrected chi connectivity index (χ1v) is 9.08. The summed E-state index contributed by atoms with van der Waals surface area (Å²) in [5, 5.41) is 9.59. The van der Waals surface area contributed by atoms with Crippen molar-refractivity contribution in [3.63, 3.8) is 0 Å². The third kappa shape index (κ3) is 4.54. The predicted molar refractivity (Wildman–Crippen MR) is 84.4 cm³/mol. The molecule has 0 bridgehead atoms. The lowest BCUT2D eigenvalue weighted by atomic mass is 9.87. The van der Waals surface area contributed by atoms with Crippen LogP contribution >= 0.6 is 15.9 Å². The van der Waals surface area contributed by atoms with Crippen LogP contribution in [-0.4, -0.2) is 52.7 Å². The van der Waals surface area contributed by atoms with E-state index in [2.05, 4.69) is 15.9 Å². The predicted octanol–water partition coefficient (Wildman–Crippen LogP) is 7.88. The lowest BCUT2D eigenvalue weighted by Gasteiger charge is -2.43. The van der Waals surface area contributed by atoms with Gasteiger partial charge in [0.25, 0.3) is 0 Å². The topological polar surface area (TPSA) is 20.2 Å². The van der Waals surface area contributed by atoms with E-state index in [4.69, 9.17) is 0 Å². The molecule has 204 valence electrons. The van der Waals surface area contributed by atoms with Crippen LogP contribution in [0, 0.1) is 0 Å². The first kappa shape index (κ1) is 31.5. The van der Waals surface area contributed by atoms with Crippen LogP contribution in [0.25, 0.3) is 0 Å². The van der Waals surface area contributed by atoms with Crippen LogP contribution < -0.4 is 0 Å². The summed E-state index contributed by atoms with van der Waals surface area (Å²) in [6.07, 6.45) is -13.7. The van der Waals surface area contributed by atoms with E-state index >= 15 is 0 Å². The summed E-state index contributed by atoms with van der Waals surface area (Å²) in [7, 11) is 0. The highest BCUT2D eigenvalue weighted by Gasteiger charge is 2.95. The summed E-state index contributed by atoms with van der Waals surface area (Å²) >= 11 is 2.60. The Hall–Kier alpha value is -1.53. The average molecular weight is 619 g/mol. The molecule has 1 aromatic carbocycles. The number of aliphatic hydroxyl groups is 1. The van der Waals surface area contributed by atoms with E-state index in [1.165, 1.54) is 0 Å². The summed E-state index contributed by atoms with van der Waals surface area (Å²) in [6, 6.07) is 3.80. The maximum atomic E-state index is 13.9. The van der Waals surface area contributed by atoms with Crippen molar-refractivity contribution in [2.75, 3.05) is 0 Å². The van der Waals surface area contributed by atoms with E-state index in [-0.39, 0.29) is 4.47 Å². The van der Waals surface area contributed by atoms with E-state index in [1.54, 1.807) is 0 Å². The Bertz CT molecular complexity index is 908. The molecule has 0 saturated heterocycles. The molecule has 1 aromatic rings. The molecule has 0 radical (unpaired) electrons. The van der Waals surface area contributed by atoms with E-state index in [0.717, 1.165) is 18.2 Å². The molecular weight excluding hydrogens is 611 g/mol. The second kappa shape index (κ2) is 8.79. The second-order valence-electron chi connectivity index (χ2n) is 6.89. The minimum atomic E-state index is -8.68. The Morgan fingerprint density at radius 1 is 0.571 bits per heavy atom. The maximum absolute atomic E-state index is 13.9. The third-order valence-electron chi connectivity index (χ3n) is 4.50. The molecule has 0 heterocycles. The van der Waals surface area contributed by atoms with E-state index in [9.17, 15) is 79.7 Å². The van der Waals surface area contributed by atoms with Crippen molar-refractivity contribution in [2.45, 2.75) is 60.2 Å². The fourth-order valence-corrected chi connectivity index (χ4v) is 2.97.